The number of aliphatic hydroxyl groups is 1. The molecule has 1 aromatic rings. The molecule has 3 atom stereocenters. The number of phenolic OH excluding ortho intramolecular Hbond substituents is 1. The Morgan fingerprint density at radius 2 is 2.24 bits per heavy atom. The molecule has 0 saturated carbocycles. The molecule has 1 aliphatic rings. The van der Waals surface area contributed by atoms with Crippen LogP contribution >= 0.6 is 0 Å². The van der Waals surface area contributed by atoms with Gasteiger partial charge in [-0.3, -0.25) is 0 Å². The molecular weight excluding hydrogens is 214 g/mol. The van der Waals surface area contributed by atoms with Gasteiger partial charge in [0, 0.05) is 12.1 Å². The Hall–Kier alpha value is -1.06. The van der Waals surface area contributed by atoms with E-state index in [1.807, 2.05) is 6.07 Å². The van der Waals surface area contributed by atoms with Gasteiger partial charge in [-0.25, -0.2) is 0 Å². The molecule has 1 aromatic carbocycles. The van der Waals surface area contributed by atoms with Gasteiger partial charge in [0.1, 0.15) is 5.75 Å². The molecule has 0 aliphatic carbocycles. The van der Waals surface area contributed by atoms with E-state index in [4.69, 9.17) is 0 Å². The second-order valence-electron chi connectivity index (χ2n) is 4.88. The molecule has 0 radical (unpaired) electrons. The summed E-state index contributed by atoms with van der Waals surface area (Å²) in [7, 11) is 0. The van der Waals surface area contributed by atoms with Crippen LogP contribution < -0.4 is 5.32 Å². The summed E-state index contributed by atoms with van der Waals surface area (Å²) in [5.41, 5.74) is 0.791. The average Bonchev–Trinajstić information content (AvgIpc) is 2.77. The van der Waals surface area contributed by atoms with E-state index in [9.17, 15) is 10.2 Å². The molecule has 17 heavy (non-hydrogen) atoms. The van der Waals surface area contributed by atoms with Crippen LogP contribution in [0.2, 0.25) is 0 Å². The molecule has 3 nitrogen and oxygen atoms in total. The summed E-state index contributed by atoms with van der Waals surface area (Å²) in [6, 6.07) is 7.55. The van der Waals surface area contributed by atoms with Gasteiger partial charge in [-0.15, -0.1) is 0 Å². The van der Waals surface area contributed by atoms with Crippen molar-refractivity contribution in [2.24, 2.45) is 0 Å². The van der Waals surface area contributed by atoms with Gasteiger partial charge in [-0.05, 0) is 37.0 Å². The first-order chi connectivity index (χ1) is 8.20. The van der Waals surface area contributed by atoms with Crippen LogP contribution in [-0.2, 0) is 0 Å². The maximum absolute atomic E-state index is 10.3. The van der Waals surface area contributed by atoms with Crippen LogP contribution in [0.3, 0.4) is 0 Å². The van der Waals surface area contributed by atoms with Crippen molar-refractivity contribution in [1.29, 1.82) is 0 Å². The van der Waals surface area contributed by atoms with Crippen molar-refractivity contribution in [2.45, 2.75) is 50.8 Å². The Bertz CT molecular complexity index is 367. The summed E-state index contributed by atoms with van der Waals surface area (Å²) in [4.78, 5) is 0. The van der Waals surface area contributed by atoms with Gasteiger partial charge in [0.2, 0.25) is 0 Å². The van der Waals surface area contributed by atoms with Crippen LogP contribution in [0.15, 0.2) is 24.3 Å². The molecule has 1 aliphatic heterocycles. The molecule has 0 spiro atoms. The first kappa shape index (κ1) is 12.4. The van der Waals surface area contributed by atoms with Crippen molar-refractivity contribution in [2.75, 3.05) is 0 Å². The Morgan fingerprint density at radius 3 is 2.94 bits per heavy atom. The maximum Gasteiger partial charge on any atom is 0.115 e. The smallest absolute Gasteiger partial charge is 0.115 e. The fourth-order valence-corrected chi connectivity index (χ4v) is 2.62. The molecule has 1 saturated heterocycles. The van der Waals surface area contributed by atoms with Crippen LogP contribution in [0.5, 0.6) is 5.75 Å². The Kier molecular flexibility index (Phi) is 4.02. The third-order valence-corrected chi connectivity index (χ3v) is 3.51. The second-order valence-corrected chi connectivity index (χ2v) is 4.88. The van der Waals surface area contributed by atoms with Gasteiger partial charge >= 0.3 is 0 Å². The Morgan fingerprint density at radius 1 is 1.41 bits per heavy atom. The maximum atomic E-state index is 10.3. The molecule has 1 fully saturated rings. The minimum atomic E-state index is -0.524. The van der Waals surface area contributed by atoms with Crippen molar-refractivity contribution in [3.63, 3.8) is 0 Å². The van der Waals surface area contributed by atoms with Gasteiger partial charge in [-0.1, -0.05) is 25.5 Å². The van der Waals surface area contributed by atoms with E-state index in [-0.39, 0.29) is 11.8 Å². The fourth-order valence-electron chi connectivity index (χ4n) is 2.62. The van der Waals surface area contributed by atoms with Crippen molar-refractivity contribution >= 4 is 0 Å². The molecule has 3 heteroatoms. The highest BCUT2D eigenvalue weighted by atomic mass is 16.3. The number of nitrogens with one attached hydrogen (secondary N) is 1. The van der Waals surface area contributed by atoms with Gasteiger partial charge < -0.3 is 15.5 Å². The quantitative estimate of drug-likeness (QED) is 0.751. The summed E-state index contributed by atoms with van der Waals surface area (Å²) in [6.07, 6.45) is 3.95. The molecule has 94 valence electrons. The lowest BCUT2D eigenvalue weighted by Crippen LogP contribution is -2.33. The van der Waals surface area contributed by atoms with E-state index in [1.54, 1.807) is 18.2 Å². The normalized spacial score (nSPS) is 26.0. The van der Waals surface area contributed by atoms with E-state index in [0.717, 1.165) is 18.4 Å². The van der Waals surface area contributed by atoms with E-state index >= 15 is 0 Å². The van der Waals surface area contributed by atoms with E-state index in [0.29, 0.717) is 6.04 Å². The number of benzene rings is 1. The molecule has 0 amide bonds. The number of aromatic hydroxyl groups is 1. The Labute approximate surface area is 102 Å². The number of phenols is 1. The van der Waals surface area contributed by atoms with Crippen molar-refractivity contribution in [3.8, 4) is 5.75 Å². The number of hydrogen-bond donors (Lipinski definition) is 3. The van der Waals surface area contributed by atoms with Crippen LogP contribution in [0.4, 0.5) is 0 Å². The summed E-state index contributed by atoms with van der Waals surface area (Å²) in [5.74, 6) is 0.213. The summed E-state index contributed by atoms with van der Waals surface area (Å²) in [5, 5.41) is 23.1. The number of hydrogen-bond acceptors (Lipinski definition) is 3. The third-order valence-electron chi connectivity index (χ3n) is 3.51. The van der Waals surface area contributed by atoms with Gasteiger partial charge in [0.05, 0.1) is 6.10 Å². The number of aliphatic hydroxyl groups excluding tert-OH is 1. The van der Waals surface area contributed by atoms with Crippen molar-refractivity contribution < 1.29 is 10.2 Å². The van der Waals surface area contributed by atoms with Crippen LogP contribution in [-0.4, -0.2) is 22.3 Å². The minimum absolute atomic E-state index is 0.119. The van der Waals surface area contributed by atoms with E-state index in [1.165, 1.54) is 12.8 Å². The first-order valence-electron chi connectivity index (χ1n) is 6.43. The first-order valence-corrected chi connectivity index (χ1v) is 6.43. The van der Waals surface area contributed by atoms with E-state index in [2.05, 4.69) is 12.2 Å². The molecular formula is C14H21NO2. The highest BCUT2D eigenvalue weighted by molar-refractivity contribution is 5.29. The lowest BCUT2D eigenvalue weighted by Gasteiger charge is -2.20. The average molecular weight is 235 g/mol. The predicted octanol–water partition coefficient (Wildman–Crippen LogP) is 2.35. The SMILES string of the molecule is CCC[C@H]1CC[C@H]([C@H](O)c2cccc(O)c2)N1. The monoisotopic (exact) mass is 235 g/mol. The highest BCUT2D eigenvalue weighted by Gasteiger charge is 2.29. The summed E-state index contributed by atoms with van der Waals surface area (Å²) >= 11 is 0. The van der Waals surface area contributed by atoms with Gasteiger partial charge in [0.15, 0.2) is 0 Å². The molecule has 3 N–H and O–H groups in total. The largest absolute Gasteiger partial charge is 0.508 e. The zero-order valence-corrected chi connectivity index (χ0v) is 10.3. The van der Waals surface area contributed by atoms with Crippen LogP contribution in [0.25, 0.3) is 0 Å². The third kappa shape index (κ3) is 2.99. The summed E-state index contributed by atoms with van der Waals surface area (Å²) < 4.78 is 0. The zero-order valence-electron chi connectivity index (χ0n) is 10.3. The van der Waals surface area contributed by atoms with E-state index < -0.39 is 6.10 Å². The van der Waals surface area contributed by atoms with Crippen molar-refractivity contribution in [3.05, 3.63) is 29.8 Å². The predicted molar refractivity (Wildman–Crippen MR) is 67.9 cm³/mol. The second kappa shape index (κ2) is 5.52. The number of rotatable bonds is 4. The lowest BCUT2D eigenvalue weighted by molar-refractivity contribution is 0.134. The zero-order chi connectivity index (χ0) is 12.3. The Balaban J connectivity index is 1.99. The van der Waals surface area contributed by atoms with Crippen LogP contribution in [0, 0.1) is 0 Å². The molecule has 0 aromatic heterocycles. The topological polar surface area (TPSA) is 52.5 Å². The lowest BCUT2D eigenvalue weighted by atomic mass is 10.0. The molecule has 0 bridgehead atoms. The van der Waals surface area contributed by atoms with Gasteiger partial charge in [-0.2, -0.15) is 0 Å². The van der Waals surface area contributed by atoms with Crippen LogP contribution in [0.1, 0.15) is 44.3 Å². The van der Waals surface area contributed by atoms with Gasteiger partial charge in [0.25, 0.3) is 0 Å². The summed E-state index contributed by atoms with van der Waals surface area (Å²) in [6.45, 7) is 2.18. The molecule has 1 heterocycles. The minimum Gasteiger partial charge on any atom is -0.508 e. The molecule has 0 unspecified atom stereocenters. The standard InChI is InChI=1S/C14H21NO2/c1-2-4-11-7-8-13(15-11)14(17)10-5-3-6-12(16)9-10/h3,5-6,9,11,13-17H,2,4,7-8H2,1H3/t11-,13+,14+/m0/s1. The fraction of sp³-hybridized carbons (Fsp3) is 0.571. The highest BCUT2D eigenvalue weighted by Crippen LogP contribution is 2.28. The molecule has 2 rings (SSSR count). The van der Waals surface area contributed by atoms with Crippen molar-refractivity contribution in [1.82, 2.24) is 5.32 Å².